The van der Waals surface area contributed by atoms with Crippen molar-refractivity contribution in [3.05, 3.63) is 33.9 Å². The molecule has 0 aliphatic carbocycles. The Morgan fingerprint density at radius 2 is 1.58 bits per heavy atom. The number of benzene rings is 1. The number of nitro benzene ring substituents is 1. The Morgan fingerprint density at radius 3 is 1.95 bits per heavy atom. The van der Waals surface area contributed by atoms with Gasteiger partial charge in [0.05, 0.1) is 17.4 Å². The van der Waals surface area contributed by atoms with Crippen molar-refractivity contribution in [2.75, 3.05) is 16.2 Å². The summed E-state index contributed by atoms with van der Waals surface area (Å²) in [4.78, 5) is 10.1. The molecule has 0 aliphatic rings. The maximum Gasteiger partial charge on any atom is 0.295 e. The van der Waals surface area contributed by atoms with E-state index in [0.717, 1.165) is 12.1 Å². The summed E-state index contributed by atoms with van der Waals surface area (Å²) in [6.45, 7) is 1.57. The molecule has 0 aromatic heterocycles. The molecule has 1 aromatic rings. The van der Waals surface area contributed by atoms with Crippen molar-refractivity contribution in [1.82, 2.24) is 0 Å². The van der Waals surface area contributed by atoms with E-state index in [4.69, 9.17) is 0 Å². The fourth-order valence-electron chi connectivity index (χ4n) is 1.54. The highest BCUT2D eigenvalue weighted by atomic mass is 32.3. The topological polar surface area (TPSA) is 115 Å². The quantitative estimate of drug-likeness (QED) is 0.595. The van der Waals surface area contributed by atoms with E-state index >= 15 is 0 Å². The van der Waals surface area contributed by atoms with Crippen LogP contribution in [0.3, 0.4) is 0 Å². The number of aryl methyl sites for hydroxylation is 1. The van der Waals surface area contributed by atoms with Gasteiger partial charge in [-0.1, -0.05) is 6.07 Å². The summed E-state index contributed by atoms with van der Waals surface area (Å²) in [5.41, 5.74) is -0.575. The smallest absolute Gasteiger partial charge is 0.258 e. The normalized spacial score (nSPS) is 12.2. The first kappa shape index (κ1) is 15.4. The predicted octanol–water partition coefficient (Wildman–Crippen LogP) is 0.629. The second-order valence-electron chi connectivity index (χ2n) is 3.97. The molecular formula is C9H12N2O6S2. The molecule has 1 rings (SSSR count). The maximum absolute atomic E-state index is 11.6. The predicted molar refractivity (Wildman–Crippen MR) is 70.0 cm³/mol. The van der Waals surface area contributed by atoms with Gasteiger partial charge in [0, 0.05) is 6.07 Å². The van der Waals surface area contributed by atoms with Gasteiger partial charge in [-0.3, -0.25) is 10.1 Å². The van der Waals surface area contributed by atoms with Crippen molar-refractivity contribution in [2.45, 2.75) is 6.92 Å². The van der Waals surface area contributed by atoms with Crippen LogP contribution >= 0.6 is 0 Å². The summed E-state index contributed by atoms with van der Waals surface area (Å²) in [6, 6.07) is 3.60. The lowest BCUT2D eigenvalue weighted by molar-refractivity contribution is -0.384. The summed E-state index contributed by atoms with van der Waals surface area (Å²) in [5.74, 6) is 0. The third kappa shape index (κ3) is 3.41. The highest BCUT2D eigenvalue weighted by molar-refractivity contribution is 8.09. The molecule has 0 saturated carbocycles. The minimum Gasteiger partial charge on any atom is -0.258 e. The molecule has 0 radical (unpaired) electrons. The summed E-state index contributed by atoms with van der Waals surface area (Å²) >= 11 is 0. The number of sulfonamides is 2. The largest absolute Gasteiger partial charge is 0.295 e. The van der Waals surface area contributed by atoms with Crippen LogP contribution in [-0.2, 0) is 20.0 Å². The number of anilines is 1. The van der Waals surface area contributed by atoms with Gasteiger partial charge in [0.1, 0.15) is 5.69 Å². The Labute approximate surface area is 110 Å². The van der Waals surface area contributed by atoms with E-state index in [0.29, 0.717) is 18.1 Å². The van der Waals surface area contributed by atoms with Crippen molar-refractivity contribution in [1.29, 1.82) is 0 Å². The monoisotopic (exact) mass is 308 g/mol. The molecule has 0 saturated heterocycles. The van der Waals surface area contributed by atoms with Gasteiger partial charge in [0.25, 0.3) is 5.69 Å². The second kappa shape index (κ2) is 4.78. The lowest BCUT2D eigenvalue weighted by Gasteiger charge is -2.19. The maximum atomic E-state index is 11.6. The molecule has 0 aliphatic heterocycles. The Balaban J connectivity index is 3.72. The molecule has 0 heterocycles. The van der Waals surface area contributed by atoms with Crippen LogP contribution in [0.1, 0.15) is 5.56 Å². The first-order chi connectivity index (χ1) is 8.44. The minimum atomic E-state index is -4.20. The van der Waals surface area contributed by atoms with Gasteiger partial charge in [-0.15, -0.1) is 0 Å². The Morgan fingerprint density at radius 1 is 1.11 bits per heavy atom. The Hall–Kier alpha value is -1.68. The van der Waals surface area contributed by atoms with Gasteiger partial charge in [-0.05, 0) is 18.6 Å². The molecule has 0 amide bonds. The highest BCUT2D eigenvalue weighted by Crippen LogP contribution is 2.32. The molecule has 0 N–H and O–H groups in total. The third-order valence-corrected chi connectivity index (χ3v) is 5.35. The van der Waals surface area contributed by atoms with E-state index in [9.17, 15) is 26.9 Å². The van der Waals surface area contributed by atoms with Gasteiger partial charge >= 0.3 is 0 Å². The highest BCUT2D eigenvalue weighted by Gasteiger charge is 2.33. The average molecular weight is 308 g/mol. The molecule has 0 unspecified atom stereocenters. The first-order valence-electron chi connectivity index (χ1n) is 4.90. The van der Waals surface area contributed by atoms with Crippen LogP contribution in [0, 0.1) is 17.0 Å². The Kier molecular flexibility index (Phi) is 3.87. The van der Waals surface area contributed by atoms with Crippen LogP contribution in [0.15, 0.2) is 18.2 Å². The SMILES string of the molecule is Cc1ccc(N(S(C)(=O)=O)S(C)(=O)=O)c([N+](=O)[O-])c1. The van der Waals surface area contributed by atoms with Crippen LogP contribution in [0.5, 0.6) is 0 Å². The van der Waals surface area contributed by atoms with Crippen molar-refractivity contribution in [2.24, 2.45) is 0 Å². The summed E-state index contributed by atoms with van der Waals surface area (Å²) in [7, 11) is -8.41. The van der Waals surface area contributed by atoms with Crippen molar-refractivity contribution in [3.63, 3.8) is 0 Å². The van der Waals surface area contributed by atoms with E-state index < -0.39 is 36.3 Å². The fraction of sp³-hybridized carbons (Fsp3) is 0.333. The molecular weight excluding hydrogens is 296 g/mol. The van der Waals surface area contributed by atoms with Crippen LogP contribution in [0.4, 0.5) is 11.4 Å². The van der Waals surface area contributed by atoms with Crippen molar-refractivity contribution < 1.29 is 21.8 Å². The zero-order valence-corrected chi connectivity index (χ0v) is 12.0. The number of nitro groups is 1. The van der Waals surface area contributed by atoms with Crippen molar-refractivity contribution >= 4 is 31.4 Å². The third-order valence-electron chi connectivity index (χ3n) is 2.13. The summed E-state index contributed by atoms with van der Waals surface area (Å²) in [6.07, 6.45) is 1.33. The van der Waals surface area contributed by atoms with E-state index in [2.05, 4.69) is 0 Å². The van der Waals surface area contributed by atoms with E-state index in [-0.39, 0.29) is 3.71 Å². The van der Waals surface area contributed by atoms with E-state index in [1.165, 1.54) is 6.07 Å². The first-order valence-corrected chi connectivity index (χ1v) is 8.60. The standard InChI is InChI=1S/C9H12N2O6S2/c1-7-4-5-8(9(6-7)10(12)13)11(18(2,14)15)19(3,16)17/h4-6H,1-3H3. The van der Waals surface area contributed by atoms with Crippen LogP contribution < -0.4 is 3.71 Å². The number of rotatable bonds is 4. The zero-order valence-electron chi connectivity index (χ0n) is 10.4. The van der Waals surface area contributed by atoms with Gasteiger partial charge < -0.3 is 0 Å². The van der Waals surface area contributed by atoms with E-state index in [1.54, 1.807) is 6.92 Å². The lowest BCUT2D eigenvalue weighted by Crippen LogP contribution is -2.35. The summed E-state index contributed by atoms with van der Waals surface area (Å²) < 4.78 is 46.3. The fourth-order valence-corrected chi connectivity index (χ4v) is 4.53. The number of hydrogen-bond donors (Lipinski definition) is 0. The lowest BCUT2D eigenvalue weighted by atomic mass is 10.2. The molecule has 106 valence electrons. The molecule has 1 aromatic carbocycles. The zero-order chi connectivity index (χ0) is 15.0. The second-order valence-corrected chi connectivity index (χ2v) is 7.87. The number of hydrogen-bond acceptors (Lipinski definition) is 6. The van der Waals surface area contributed by atoms with E-state index in [1.807, 2.05) is 0 Å². The van der Waals surface area contributed by atoms with Crippen molar-refractivity contribution in [3.8, 4) is 0 Å². The molecule has 8 nitrogen and oxygen atoms in total. The van der Waals surface area contributed by atoms with Gasteiger partial charge in [0.2, 0.25) is 20.0 Å². The molecule has 10 heteroatoms. The Bertz CT molecular complexity index is 691. The summed E-state index contributed by atoms with van der Waals surface area (Å²) in [5, 5.41) is 10.9. The molecule has 0 fully saturated rings. The van der Waals surface area contributed by atoms with Crippen LogP contribution in [0.2, 0.25) is 0 Å². The molecule has 0 spiro atoms. The van der Waals surface area contributed by atoms with Gasteiger partial charge in [0.15, 0.2) is 0 Å². The van der Waals surface area contributed by atoms with Crippen LogP contribution in [-0.4, -0.2) is 34.3 Å². The van der Waals surface area contributed by atoms with Gasteiger partial charge in [-0.25, -0.2) is 16.8 Å². The molecule has 0 bridgehead atoms. The molecule has 19 heavy (non-hydrogen) atoms. The van der Waals surface area contributed by atoms with Gasteiger partial charge in [-0.2, -0.15) is 3.71 Å². The minimum absolute atomic E-state index is 0.0531. The van der Waals surface area contributed by atoms with Crippen LogP contribution in [0.25, 0.3) is 0 Å². The molecule has 0 atom stereocenters. The average Bonchev–Trinajstić information content (AvgIpc) is 2.16. The number of nitrogens with zero attached hydrogens (tertiary/aromatic N) is 2.